The predicted molar refractivity (Wildman–Crippen MR) is 62.1 cm³/mol. The van der Waals surface area contributed by atoms with E-state index >= 15 is 0 Å². The lowest BCUT2D eigenvalue weighted by Gasteiger charge is -2.11. The Labute approximate surface area is 94.4 Å². The van der Waals surface area contributed by atoms with E-state index < -0.39 is 9.84 Å². The van der Waals surface area contributed by atoms with E-state index in [1.807, 2.05) is 12.1 Å². The summed E-state index contributed by atoms with van der Waals surface area (Å²) in [5.74, 6) is 0.522. The molecule has 1 aromatic carbocycles. The van der Waals surface area contributed by atoms with E-state index in [0.717, 1.165) is 5.69 Å². The standard InChI is InChI=1S/C10H12ClNO2S/c11-8-1-3-9(4-2-8)12-10-5-6-15(13,14)7-10/h1-4,10,12H,5-7H2. The van der Waals surface area contributed by atoms with Crippen LogP contribution in [0.25, 0.3) is 0 Å². The summed E-state index contributed by atoms with van der Waals surface area (Å²) in [5.41, 5.74) is 0.918. The lowest BCUT2D eigenvalue weighted by Crippen LogP contribution is -2.20. The Hall–Kier alpha value is -0.740. The molecule has 1 N–H and O–H groups in total. The van der Waals surface area contributed by atoms with Crippen molar-refractivity contribution in [2.75, 3.05) is 16.8 Å². The second kappa shape index (κ2) is 4.02. The predicted octanol–water partition coefficient (Wildman–Crippen LogP) is 1.94. The Morgan fingerprint density at radius 1 is 1.27 bits per heavy atom. The number of halogens is 1. The van der Waals surface area contributed by atoms with Crippen molar-refractivity contribution in [2.45, 2.75) is 12.5 Å². The summed E-state index contributed by atoms with van der Waals surface area (Å²) in [6, 6.07) is 7.32. The fourth-order valence-electron chi connectivity index (χ4n) is 1.69. The fraction of sp³-hybridized carbons (Fsp3) is 0.400. The van der Waals surface area contributed by atoms with Crippen molar-refractivity contribution in [2.24, 2.45) is 0 Å². The molecule has 0 spiro atoms. The Bertz CT molecular complexity index is 441. The SMILES string of the molecule is O=S1(=O)CCC(Nc2ccc(Cl)cc2)C1. The van der Waals surface area contributed by atoms with Crippen molar-refractivity contribution in [3.05, 3.63) is 29.3 Å². The highest BCUT2D eigenvalue weighted by molar-refractivity contribution is 7.91. The van der Waals surface area contributed by atoms with Crippen LogP contribution in [0.4, 0.5) is 5.69 Å². The van der Waals surface area contributed by atoms with E-state index in [4.69, 9.17) is 11.6 Å². The Morgan fingerprint density at radius 2 is 1.93 bits per heavy atom. The van der Waals surface area contributed by atoms with Crippen LogP contribution in [0.1, 0.15) is 6.42 Å². The maximum absolute atomic E-state index is 11.2. The first-order chi connectivity index (χ1) is 7.05. The molecule has 0 amide bonds. The first kappa shape index (κ1) is 10.8. The zero-order chi connectivity index (χ0) is 10.9. The molecule has 1 heterocycles. The second-order valence-electron chi connectivity index (χ2n) is 3.75. The molecular formula is C10H12ClNO2S. The lowest BCUT2D eigenvalue weighted by molar-refractivity contribution is 0.602. The molecule has 1 aromatic rings. The molecular weight excluding hydrogens is 234 g/mol. The number of anilines is 1. The molecule has 1 saturated heterocycles. The minimum atomic E-state index is -2.81. The van der Waals surface area contributed by atoms with Crippen molar-refractivity contribution in [1.29, 1.82) is 0 Å². The summed E-state index contributed by atoms with van der Waals surface area (Å²) in [6.45, 7) is 0. The molecule has 1 aliphatic rings. The molecule has 82 valence electrons. The van der Waals surface area contributed by atoms with Gasteiger partial charge in [0.2, 0.25) is 0 Å². The Kier molecular flexibility index (Phi) is 2.89. The van der Waals surface area contributed by atoms with Gasteiger partial charge in [0, 0.05) is 16.8 Å². The van der Waals surface area contributed by atoms with Crippen LogP contribution in [0.15, 0.2) is 24.3 Å². The van der Waals surface area contributed by atoms with E-state index in [9.17, 15) is 8.42 Å². The van der Waals surface area contributed by atoms with Gasteiger partial charge in [-0.2, -0.15) is 0 Å². The molecule has 0 saturated carbocycles. The number of benzene rings is 1. The molecule has 1 aliphatic heterocycles. The quantitative estimate of drug-likeness (QED) is 0.866. The highest BCUT2D eigenvalue weighted by Gasteiger charge is 2.27. The summed E-state index contributed by atoms with van der Waals surface area (Å²) in [5, 5.41) is 3.87. The summed E-state index contributed by atoms with van der Waals surface area (Å²) < 4.78 is 22.4. The van der Waals surface area contributed by atoms with Gasteiger partial charge < -0.3 is 5.32 Å². The molecule has 3 nitrogen and oxygen atoms in total. The van der Waals surface area contributed by atoms with E-state index in [-0.39, 0.29) is 17.5 Å². The number of hydrogen-bond acceptors (Lipinski definition) is 3. The third-order valence-corrected chi connectivity index (χ3v) is 4.47. The van der Waals surface area contributed by atoms with Crippen LogP contribution < -0.4 is 5.32 Å². The van der Waals surface area contributed by atoms with Crippen LogP contribution in [0.5, 0.6) is 0 Å². The van der Waals surface area contributed by atoms with Crippen molar-refractivity contribution in [1.82, 2.24) is 0 Å². The van der Waals surface area contributed by atoms with Gasteiger partial charge in [0.05, 0.1) is 11.5 Å². The minimum absolute atomic E-state index is 0.0381. The number of rotatable bonds is 2. The number of sulfone groups is 1. The van der Waals surface area contributed by atoms with Crippen LogP contribution in [0.3, 0.4) is 0 Å². The van der Waals surface area contributed by atoms with Crippen LogP contribution in [0.2, 0.25) is 5.02 Å². The summed E-state index contributed by atoms with van der Waals surface area (Å²) in [6.07, 6.45) is 0.685. The molecule has 0 aromatic heterocycles. The fourth-order valence-corrected chi connectivity index (χ4v) is 3.49. The molecule has 1 fully saturated rings. The summed E-state index contributed by atoms with van der Waals surface area (Å²) in [7, 11) is -2.81. The van der Waals surface area contributed by atoms with Gasteiger partial charge in [0.25, 0.3) is 0 Å². The molecule has 5 heteroatoms. The van der Waals surface area contributed by atoms with E-state index in [2.05, 4.69) is 5.32 Å². The molecule has 1 unspecified atom stereocenters. The highest BCUT2D eigenvalue weighted by Crippen LogP contribution is 2.19. The van der Waals surface area contributed by atoms with E-state index in [1.165, 1.54) is 0 Å². The van der Waals surface area contributed by atoms with Gasteiger partial charge in [-0.15, -0.1) is 0 Å². The van der Waals surface area contributed by atoms with Gasteiger partial charge in [-0.25, -0.2) is 8.42 Å². The van der Waals surface area contributed by atoms with Gasteiger partial charge in [0.15, 0.2) is 9.84 Å². The van der Waals surface area contributed by atoms with E-state index in [0.29, 0.717) is 11.4 Å². The van der Waals surface area contributed by atoms with Gasteiger partial charge in [-0.3, -0.25) is 0 Å². The third kappa shape index (κ3) is 2.86. The topological polar surface area (TPSA) is 46.2 Å². The van der Waals surface area contributed by atoms with Crippen LogP contribution >= 0.6 is 11.6 Å². The van der Waals surface area contributed by atoms with Crippen LogP contribution in [0, 0.1) is 0 Å². The Morgan fingerprint density at radius 3 is 2.47 bits per heavy atom. The molecule has 0 bridgehead atoms. The number of hydrogen-bond donors (Lipinski definition) is 1. The van der Waals surface area contributed by atoms with Gasteiger partial charge >= 0.3 is 0 Å². The summed E-state index contributed by atoms with van der Waals surface area (Å²) in [4.78, 5) is 0. The normalized spacial score (nSPS) is 23.9. The maximum Gasteiger partial charge on any atom is 0.152 e. The molecule has 2 rings (SSSR count). The summed E-state index contributed by atoms with van der Waals surface area (Å²) >= 11 is 5.75. The zero-order valence-corrected chi connectivity index (χ0v) is 9.68. The third-order valence-electron chi connectivity index (χ3n) is 2.45. The lowest BCUT2D eigenvalue weighted by atomic mass is 10.2. The second-order valence-corrected chi connectivity index (χ2v) is 6.42. The monoisotopic (exact) mass is 245 g/mol. The number of nitrogens with one attached hydrogen (secondary N) is 1. The first-order valence-corrected chi connectivity index (χ1v) is 6.98. The van der Waals surface area contributed by atoms with Gasteiger partial charge in [-0.05, 0) is 30.7 Å². The van der Waals surface area contributed by atoms with E-state index in [1.54, 1.807) is 12.1 Å². The average Bonchev–Trinajstić information content (AvgIpc) is 2.50. The van der Waals surface area contributed by atoms with Gasteiger partial charge in [0.1, 0.15) is 0 Å². The average molecular weight is 246 g/mol. The van der Waals surface area contributed by atoms with Crippen molar-refractivity contribution in [3.8, 4) is 0 Å². The van der Waals surface area contributed by atoms with Crippen LogP contribution in [-0.2, 0) is 9.84 Å². The molecule has 15 heavy (non-hydrogen) atoms. The molecule has 0 radical (unpaired) electrons. The van der Waals surface area contributed by atoms with Gasteiger partial charge in [-0.1, -0.05) is 11.6 Å². The first-order valence-electron chi connectivity index (χ1n) is 4.78. The smallest absolute Gasteiger partial charge is 0.152 e. The molecule has 0 aliphatic carbocycles. The Balaban J connectivity index is 2.02. The van der Waals surface area contributed by atoms with Crippen molar-refractivity contribution >= 4 is 27.1 Å². The van der Waals surface area contributed by atoms with Crippen molar-refractivity contribution in [3.63, 3.8) is 0 Å². The zero-order valence-electron chi connectivity index (χ0n) is 8.11. The largest absolute Gasteiger partial charge is 0.381 e. The van der Waals surface area contributed by atoms with Crippen LogP contribution in [-0.4, -0.2) is 26.0 Å². The maximum atomic E-state index is 11.2. The molecule has 1 atom stereocenters. The van der Waals surface area contributed by atoms with Crippen molar-refractivity contribution < 1.29 is 8.42 Å². The minimum Gasteiger partial charge on any atom is -0.381 e. The highest BCUT2D eigenvalue weighted by atomic mass is 35.5.